The third-order valence-corrected chi connectivity index (χ3v) is 4.50. The van der Waals surface area contributed by atoms with Crippen LogP contribution in [-0.2, 0) is 11.2 Å². The predicted molar refractivity (Wildman–Crippen MR) is 93.6 cm³/mol. The molecule has 2 rings (SSSR count). The Morgan fingerprint density at radius 2 is 2.17 bits per heavy atom. The Morgan fingerprint density at radius 3 is 2.91 bits per heavy atom. The monoisotopic (exact) mass is 353 g/mol. The van der Waals surface area contributed by atoms with E-state index in [9.17, 15) is 4.79 Å². The second-order valence-electron chi connectivity index (χ2n) is 5.26. The van der Waals surface area contributed by atoms with Crippen LogP contribution in [0.2, 0.25) is 0 Å². The Hall–Kier alpha value is -1.66. The van der Waals surface area contributed by atoms with Crippen LogP contribution in [0, 0.1) is 13.8 Å². The lowest BCUT2D eigenvalue weighted by Crippen LogP contribution is -2.20. The van der Waals surface area contributed by atoms with E-state index in [2.05, 4.69) is 35.4 Å². The molecule has 0 aliphatic heterocycles. The van der Waals surface area contributed by atoms with E-state index in [1.807, 2.05) is 12.1 Å². The van der Waals surface area contributed by atoms with Gasteiger partial charge in [-0.3, -0.25) is 10.1 Å². The molecule has 5 nitrogen and oxygen atoms in total. The number of halogens is 1. The number of aromatic nitrogens is 2. The first kappa shape index (κ1) is 17.7. The van der Waals surface area contributed by atoms with Gasteiger partial charge in [-0.1, -0.05) is 23.5 Å². The van der Waals surface area contributed by atoms with Gasteiger partial charge in [-0.15, -0.1) is 21.8 Å². The fourth-order valence-electron chi connectivity index (χ4n) is 1.90. The molecule has 0 fully saturated rings. The van der Waals surface area contributed by atoms with Crippen molar-refractivity contribution in [3.8, 4) is 5.75 Å². The molecule has 0 saturated carbocycles. The van der Waals surface area contributed by atoms with Gasteiger partial charge in [0.25, 0.3) is 0 Å². The van der Waals surface area contributed by atoms with E-state index in [0.29, 0.717) is 11.7 Å². The van der Waals surface area contributed by atoms with Crippen LogP contribution in [0.4, 0.5) is 5.13 Å². The number of hydrogen-bond acceptors (Lipinski definition) is 5. The van der Waals surface area contributed by atoms with Crippen LogP contribution in [0.15, 0.2) is 18.2 Å². The number of amides is 1. The standard InChI is InChI=1S/C16H20ClN3O2S/c1-10-6-4-7-13(11(10)2)22-9-5-8-14-19-20-16(23-14)18-15(21)12(3)17/h4,6-7,12H,5,8-9H2,1-3H3,(H,18,20,21). The second-order valence-corrected chi connectivity index (χ2v) is 6.97. The number of alkyl halides is 1. The number of nitrogens with zero attached hydrogens (tertiary/aromatic N) is 2. The summed E-state index contributed by atoms with van der Waals surface area (Å²) in [6.07, 6.45) is 1.59. The Morgan fingerprint density at radius 1 is 1.39 bits per heavy atom. The van der Waals surface area contributed by atoms with E-state index in [-0.39, 0.29) is 5.91 Å². The molecule has 124 valence electrons. The van der Waals surface area contributed by atoms with E-state index in [1.54, 1.807) is 6.92 Å². The third kappa shape index (κ3) is 5.18. The summed E-state index contributed by atoms with van der Waals surface area (Å²) in [6.45, 7) is 6.36. The lowest BCUT2D eigenvalue weighted by molar-refractivity contribution is -0.115. The fraction of sp³-hybridized carbons (Fsp3) is 0.438. The van der Waals surface area contributed by atoms with Crippen molar-refractivity contribution < 1.29 is 9.53 Å². The summed E-state index contributed by atoms with van der Waals surface area (Å²) in [6, 6.07) is 6.05. The number of hydrogen-bond donors (Lipinski definition) is 1. The molecule has 0 aliphatic carbocycles. The average molecular weight is 354 g/mol. The van der Waals surface area contributed by atoms with E-state index >= 15 is 0 Å². The maximum absolute atomic E-state index is 11.5. The van der Waals surface area contributed by atoms with Gasteiger partial charge in [-0.05, 0) is 44.4 Å². The molecule has 1 atom stereocenters. The summed E-state index contributed by atoms with van der Waals surface area (Å²) < 4.78 is 5.81. The number of nitrogens with one attached hydrogen (secondary N) is 1. The molecule has 1 N–H and O–H groups in total. The number of anilines is 1. The van der Waals surface area contributed by atoms with Crippen molar-refractivity contribution in [2.24, 2.45) is 0 Å². The van der Waals surface area contributed by atoms with Crippen molar-refractivity contribution in [1.82, 2.24) is 10.2 Å². The minimum atomic E-state index is -0.590. The maximum Gasteiger partial charge on any atom is 0.243 e. The Balaban J connectivity index is 1.77. The van der Waals surface area contributed by atoms with E-state index < -0.39 is 5.38 Å². The molecule has 0 spiro atoms. The van der Waals surface area contributed by atoms with E-state index in [1.165, 1.54) is 22.5 Å². The zero-order valence-electron chi connectivity index (χ0n) is 13.4. The Kier molecular flexibility index (Phi) is 6.36. The molecule has 1 aromatic heterocycles. The zero-order chi connectivity index (χ0) is 16.8. The van der Waals surface area contributed by atoms with Gasteiger partial charge in [0, 0.05) is 6.42 Å². The van der Waals surface area contributed by atoms with Crippen molar-refractivity contribution in [2.45, 2.75) is 39.0 Å². The number of aryl methyl sites for hydroxylation is 2. The largest absolute Gasteiger partial charge is 0.493 e. The lowest BCUT2D eigenvalue weighted by atomic mass is 10.1. The normalized spacial score (nSPS) is 12.0. The van der Waals surface area contributed by atoms with Crippen LogP contribution >= 0.6 is 22.9 Å². The number of ether oxygens (including phenoxy) is 1. The SMILES string of the molecule is Cc1cccc(OCCCc2nnc(NC(=O)C(C)Cl)s2)c1C. The molecule has 0 radical (unpaired) electrons. The minimum absolute atomic E-state index is 0.271. The minimum Gasteiger partial charge on any atom is -0.493 e. The van der Waals surface area contributed by atoms with Crippen molar-refractivity contribution in [3.63, 3.8) is 0 Å². The molecule has 0 bridgehead atoms. The van der Waals surface area contributed by atoms with Crippen molar-refractivity contribution >= 4 is 34.0 Å². The summed E-state index contributed by atoms with van der Waals surface area (Å²) in [5.41, 5.74) is 2.39. The molecule has 1 heterocycles. The number of carbonyl (C=O) groups is 1. The molecule has 1 amide bonds. The smallest absolute Gasteiger partial charge is 0.243 e. The molecule has 23 heavy (non-hydrogen) atoms. The molecular formula is C16H20ClN3O2S. The van der Waals surface area contributed by atoms with Crippen molar-refractivity contribution in [1.29, 1.82) is 0 Å². The van der Waals surface area contributed by atoms with Gasteiger partial charge in [0.15, 0.2) is 0 Å². The van der Waals surface area contributed by atoms with Gasteiger partial charge < -0.3 is 4.74 Å². The van der Waals surface area contributed by atoms with Crippen LogP contribution < -0.4 is 10.1 Å². The molecule has 2 aromatic rings. The van der Waals surface area contributed by atoms with Gasteiger partial charge in [0.2, 0.25) is 11.0 Å². The lowest BCUT2D eigenvalue weighted by Gasteiger charge is -2.10. The predicted octanol–water partition coefficient (Wildman–Crippen LogP) is 3.73. The average Bonchev–Trinajstić information content (AvgIpc) is 2.95. The first-order valence-electron chi connectivity index (χ1n) is 7.43. The Bertz CT molecular complexity index is 673. The maximum atomic E-state index is 11.5. The highest BCUT2D eigenvalue weighted by molar-refractivity contribution is 7.15. The van der Waals surface area contributed by atoms with Gasteiger partial charge in [-0.25, -0.2) is 0 Å². The number of rotatable bonds is 7. The highest BCUT2D eigenvalue weighted by atomic mass is 35.5. The van der Waals surface area contributed by atoms with Gasteiger partial charge >= 0.3 is 0 Å². The molecule has 0 saturated heterocycles. The van der Waals surface area contributed by atoms with Crippen LogP contribution in [0.5, 0.6) is 5.75 Å². The third-order valence-electron chi connectivity index (χ3n) is 3.41. The molecule has 1 unspecified atom stereocenters. The number of benzene rings is 1. The quantitative estimate of drug-likeness (QED) is 0.608. The highest BCUT2D eigenvalue weighted by Crippen LogP contribution is 2.21. The van der Waals surface area contributed by atoms with Gasteiger partial charge in [0.05, 0.1) is 6.61 Å². The topological polar surface area (TPSA) is 64.1 Å². The first-order chi connectivity index (χ1) is 11.0. The second kappa shape index (κ2) is 8.26. The van der Waals surface area contributed by atoms with Crippen LogP contribution in [0.1, 0.15) is 29.5 Å². The first-order valence-corrected chi connectivity index (χ1v) is 8.69. The van der Waals surface area contributed by atoms with Crippen LogP contribution in [0.3, 0.4) is 0 Å². The summed E-state index contributed by atoms with van der Waals surface area (Å²) >= 11 is 7.06. The zero-order valence-corrected chi connectivity index (χ0v) is 15.0. The fourth-order valence-corrected chi connectivity index (χ4v) is 2.74. The molecule has 1 aromatic carbocycles. The van der Waals surface area contributed by atoms with Gasteiger partial charge in [0.1, 0.15) is 16.1 Å². The molecule has 0 aliphatic rings. The van der Waals surface area contributed by atoms with Crippen molar-refractivity contribution in [2.75, 3.05) is 11.9 Å². The van der Waals surface area contributed by atoms with Crippen LogP contribution in [0.25, 0.3) is 0 Å². The van der Waals surface area contributed by atoms with E-state index in [0.717, 1.165) is 23.6 Å². The van der Waals surface area contributed by atoms with Gasteiger partial charge in [-0.2, -0.15) is 0 Å². The van der Waals surface area contributed by atoms with E-state index in [4.69, 9.17) is 16.3 Å². The molecular weight excluding hydrogens is 334 g/mol. The van der Waals surface area contributed by atoms with Crippen molar-refractivity contribution in [3.05, 3.63) is 34.3 Å². The Labute approximate surface area is 145 Å². The highest BCUT2D eigenvalue weighted by Gasteiger charge is 2.12. The summed E-state index contributed by atoms with van der Waals surface area (Å²) in [5, 5.41) is 11.4. The summed E-state index contributed by atoms with van der Waals surface area (Å²) in [4.78, 5) is 11.5. The number of carbonyl (C=O) groups excluding carboxylic acids is 1. The molecule has 7 heteroatoms. The summed E-state index contributed by atoms with van der Waals surface area (Å²) in [5.74, 6) is 0.652. The summed E-state index contributed by atoms with van der Waals surface area (Å²) in [7, 11) is 0. The van der Waals surface area contributed by atoms with Crippen LogP contribution in [-0.4, -0.2) is 28.1 Å².